The molecule has 2 amide bonds. The topological polar surface area (TPSA) is 119 Å². The molecule has 0 spiro atoms. The second-order valence-corrected chi connectivity index (χ2v) is 8.56. The van der Waals surface area contributed by atoms with Gasteiger partial charge in [-0.2, -0.15) is 0 Å². The number of hydrogen-bond donors (Lipinski definition) is 2. The number of para-hydroxylation sites is 2. The number of aromatic nitrogens is 2. The van der Waals surface area contributed by atoms with Crippen LogP contribution in [0.2, 0.25) is 5.02 Å². The number of aryl methyl sites for hydroxylation is 1. The third kappa shape index (κ3) is 4.57. The maximum atomic E-state index is 12.6. The summed E-state index contributed by atoms with van der Waals surface area (Å²) in [6.45, 7) is 2.88. The van der Waals surface area contributed by atoms with Crippen molar-refractivity contribution in [3.05, 3.63) is 80.2 Å². The summed E-state index contributed by atoms with van der Waals surface area (Å²) in [6, 6.07) is 15.0. The lowest BCUT2D eigenvalue weighted by Crippen LogP contribution is -2.41. The second kappa shape index (κ2) is 9.39. The number of hydrazine groups is 1. The van der Waals surface area contributed by atoms with Crippen LogP contribution in [0.4, 0.5) is 5.69 Å². The molecule has 0 atom stereocenters. The first-order valence-corrected chi connectivity index (χ1v) is 11.2. The van der Waals surface area contributed by atoms with Gasteiger partial charge in [0.25, 0.3) is 17.5 Å². The van der Waals surface area contributed by atoms with Crippen molar-refractivity contribution >= 4 is 51.5 Å². The van der Waals surface area contributed by atoms with Crippen LogP contribution >= 0.6 is 22.9 Å². The van der Waals surface area contributed by atoms with Crippen LogP contribution in [0.1, 0.15) is 33.4 Å². The Morgan fingerprint density at radius 3 is 2.64 bits per heavy atom. The molecule has 4 rings (SSSR count). The number of halogens is 1. The molecule has 0 bridgehead atoms. The summed E-state index contributed by atoms with van der Waals surface area (Å²) >= 11 is 7.02. The highest BCUT2D eigenvalue weighted by Crippen LogP contribution is 2.31. The smallest absolute Gasteiger partial charge is 0.288 e. The zero-order valence-electron chi connectivity index (χ0n) is 17.4. The van der Waals surface area contributed by atoms with Gasteiger partial charge >= 0.3 is 0 Å². The zero-order chi connectivity index (χ0) is 23.5. The highest BCUT2D eigenvalue weighted by atomic mass is 35.5. The van der Waals surface area contributed by atoms with E-state index < -0.39 is 22.4 Å². The van der Waals surface area contributed by atoms with E-state index in [2.05, 4.69) is 22.3 Å². The molecular formula is C22H18ClN5O4S. The van der Waals surface area contributed by atoms with E-state index in [1.54, 1.807) is 6.07 Å². The van der Waals surface area contributed by atoms with Crippen LogP contribution in [0.25, 0.3) is 21.7 Å². The Morgan fingerprint density at radius 2 is 1.88 bits per heavy atom. The number of carbonyl (C=O) groups excluding carboxylic acids is 2. The van der Waals surface area contributed by atoms with Crippen molar-refractivity contribution in [2.45, 2.75) is 19.9 Å². The molecule has 0 radical (unpaired) electrons. The molecule has 0 saturated heterocycles. The Bertz CT molecular complexity index is 1380. The molecule has 2 heterocycles. The molecule has 2 aromatic carbocycles. The number of imidazole rings is 1. The largest absolute Gasteiger partial charge is 0.323 e. The Labute approximate surface area is 197 Å². The fraction of sp³-hybridized carbons (Fsp3) is 0.136. The third-order valence-electron chi connectivity index (χ3n) is 4.85. The first-order chi connectivity index (χ1) is 15.9. The van der Waals surface area contributed by atoms with Gasteiger partial charge in [-0.15, -0.1) is 11.3 Å². The first kappa shape index (κ1) is 22.4. The molecule has 0 aliphatic carbocycles. The minimum absolute atomic E-state index is 0.00782. The normalized spacial score (nSPS) is 10.8. The van der Waals surface area contributed by atoms with Gasteiger partial charge in [-0.1, -0.05) is 30.7 Å². The van der Waals surface area contributed by atoms with Crippen LogP contribution in [0.3, 0.4) is 0 Å². The number of hydrogen-bond acceptors (Lipinski definition) is 6. The predicted octanol–water partition coefficient (Wildman–Crippen LogP) is 4.81. The highest BCUT2D eigenvalue weighted by molar-refractivity contribution is 7.17. The van der Waals surface area contributed by atoms with Gasteiger partial charge in [0.05, 0.1) is 25.7 Å². The molecule has 11 heteroatoms. The summed E-state index contributed by atoms with van der Waals surface area (Å²) in [4.78, 5) is 41.1. The number of nitrogens with zero attached hydrogens (tertiary/aromatic N) is 3. The maximum absolute atomic E-state index is 12.6. The van der Waals surface area contributed by atoms with Crippen molar-refractivity contribution in [1.29, 1.82) is 0 Å². The molecule has 0 fully saturated rings. The number of benzene rings is 2. The minimum Gasteiger partial charge on any atom is -0.323 e. The molecule has 4 aromatic rings. The average molecular weight is 484 g/mol. The summed E-state index contributed by atoms with van der Waals surface area (Å²) in [5, 5.41) is 10.9. The van der Waals surface area contributed by atoms with E-state index in [1.165, 1.54) is 23.5 Å². The molecule has 168 valence electrons. The van der Waals surface area contributed by atoms with E-state index in [9.17, 15) is 19.7 Å². The Kier molecular flexibility index (Phi) is 6.38. The number of carbonyl (C=O) groups is 2. The Balaban J connectivity index is 1.50. The number of nitro benzene ring substituents is 1. The van der Waals surface area contributed by atoms with Crippen molar-refractivity contribution in [1.82, 2.24) is 20.4 Å². The standard InChI is InChI=1S/C22H18ClN5O4S/c1-2-11-27-16-6-4-3-5-15(16)24-20(27)18-9-10-19(33-18)22(30)26-25-21(29)13-7-8-14(23)17(12-13)28(31)32/h3-10,12H,2,11H2,1H3,(H,25,29)(H,26,30). The van der Waals surface area contributed by atoms with E-state index in [1.807, 2.05) is 30.3 Å². The van der Waals surface area contributed by atoms with Gasteiger partial charge in [-0.25, -0.2) is 4.98 Å². The van der Waals surface area contributed by atoms with Crippen LogP contribution in [0.5, 0.6) is 0 Å². The van der Waals surface area contributed by atoms with Gasteiger partial charge in [0.1, 0.15) is 5.02 Å². The lowest BCUT2D eigenvalue weighted by atomic mass is 10.2. The molecule has 0 aliphatic rings. The highest BCUT2D eigenvalue weighted by Gasteiger charge is 2.19. The van der Waals surface area contributed by atoms with E-state index in [4.69, 9.17) is 16.6 Å². The maximum Gasteiger partial charge on any atom is 0.288 e. The summed E-state index contributed by atoms with van der Waals surface area (Å²) in [5.41, 5.74) is 6.10. The van der Waals surface area contributed by atoms with Gasteiger partial charge in [0.2, 0.25) is 0 Å². The van der Waals surface area contributed by atoms with E-state index >= 15 is 0 Å². The Morgan fingerprint density at radius 1 is 1.12 bits per heavy atom. The predicted molar refractivity (Wildman–Crippen MR) is 126 cm³/mol. The SMILES string of the molecule is CCCn1c(-c2ccc(C(=O)NNC(=O)c3ccc(Cl)c([N+](=O)[O-])c3)s2)nc2ccccc21. The van der Waals surface area contributed by atoms with E-state index in [0.717, 1.165) is 40.8 Å². The van der Waals surface area contributed by atoms with Crippen molar-refractivity contribution in [2.75, 3.05) is 0 Å². The van der Waals surface area contributed by atoms with E-state index in [0.29, 0.717) is 4.88 Å². The molecular weight excluding hydrogens is 466 g/mol. The number of rotatable bonds is 6. The van der Waals surface area contributed by atoms with Crippen LogP contribution in [0.15, 0.2) is 54.6 Å². The summed E-state index contributed by atoms with van der Waals surface area (Å²) < 4.78 is 2.12. The fourth-order valence-corrected chi connectivity index (χ4v) is 4.42. The minimum atomic E-state index is -0.704. The van der Waals surface area contributed by atoms with Crippen LogP contribution in [0, 0.1) is 10.1 Å². The first-order valence-electron chi connectivity index (χ1n) is 9.99. The summed E-state index contributed by atoms with van der Waals surface area (Å²) in [7, 11) is 0. The Hall–Kier alpha value is -3.76. The molecule has 0 saturated carbocycles. The molecule has 33 heavy (non-hydrogen) atoms. The number of fused-ring (bicyclic) bond motifs is 1. The number of thiophene rings is 1. The molecule has 2 aromatic heterocycles. The lowest BCUT2D eigenvalue weighted by Gasteiger charge is -2.07. The van der Waals surface area contributed by atoms with Crippen LogP contribution in [-0.2, 0) is 6.54 Å². The average Bonchev–Trinajstić information content (AvgIpc) is 3.43. The van der Waals surface area contributed by atoms with Crippen molar-refractivity contribution < 1.29 is 14.5 Å². The number of nitro groups is 1. The van der Waals surface area contributed by atoms with Crippen LogP contribution < -0.4 is 10.9 Å². The van der Waals surface area contributed by atoms with Crippen molar-refractivity contribution in [3.8, 4) is 10.7 Å². The van der Waals surface area contributed by atoms with Gasteiger partial charge in [-0.05, 0) is 42.8 Å². The van der Waals surface area contributed by atoms with E-state index in [-0.39, 0.29) is 10.6 Å². The number of amides is 2. The van der Waals surface area contributed by atoms with Gasteiger partial charge < -0.3 is 4.57 Å². The number of nitrogens with one attached hydrogen (secondary N) is 2. The van der Waals surface area contributed by atoms with Gasteiger partial charge in [-0.3, -0.25) is 30.6 Å². The van der Waals surface area contributed by atoms with Gasteiger partial charge in [0, 0.05) is 18.2 Å². The fourth-order valence-electron chi connectivity index (χ4n) is 3.33. The molecule has 0 aliphatic heterocycles. The quantitative estimate of drug-likeness (QED) is 0.301. The third-order valence-corrected chi connectivity index (χ3v) is 6.25. The van der Waals surface area contributed by atoms with Gasteiger partial charge in [0.15, 0.2) is 5.82 Å². The molecule has 0 unspecified atom stereocenters. The summed E-state index contributed by atoms with van der Waals surface area (Å²) in [5.74, 6) is -0.439. The molecule has 9 nitrogen and oxygen atoms in total. The monoisotopic (exact) mass is 483 g/mol. The zero-order valence-corrected chi connectivity index (χ0v) is 18.9. The van der Waals surface area contributed by atoms with Crippen LogP contribution in [-0.4, -0.2) is 26.3 Å². The van der Waals surface area contributed by atoms with Crippen molar-refractivity contribution in [3.63, 3.8) is 0 Å². The lowest BCUT2D eigenvalue weighted by molar-refractivity contribution is -0.384. The molecule has 2 N–H and O–H groups in total. The summed E-state index contributed by atoms with van der Waals surface area (Å²) in [6.07, 6.45) is 0.932. The van der Waals surface area contributed by atoms with Crippen molar-refractivity contribution in [2.24, 2.45) is 0 Å². The second-order valence-electron chi connectivity index (χ2n) is 7.07.